The quantitative estimate of drug-likeness (QED) is 0.813. The van der Waals surface area contributed by atoms with E-state index in [4.69, 9.17) is 21.1 Å². The largest absolute Gasteiger partial charge is 0.493 e. The standard InChI is InChI=1S/C18H15ClN2O3S/c1-23-14-9-11(8-13(19)16(14)24-2)10-15-17(22)21-18(25-15)20-12-6-4-3-5-7-12/h3-10H,1-2H3,(H,20,21,22)/b15-10-. The molecule has 0 bridgehead atoms. The van der Waals surface area contributed by atoms with Gasteiger partial charge in [0.25, 0.3) is 5.91 Å². The van der Waals surface area contributed by atoms with Crippen LogP contribution in [-0.2, 0) is 4.79 Å². The number of aliphatic imine (C=N–C) groups is 1. The van der Waals surface area contributed by atoms with E-state index in [9.17, 15) is 4.79 Å². The lowest BCUT2D eigenvalue weighted by Crippen LogP contribution is -2.19. The number of halogens is 1. The van der Waals surface area contributed by atoms with Gasteiger partial charge in [-0.3, -0.25) is 4.79 Å². The third-order valence-electron chi connectivity index (χ3n) is 3.39. The number of rotatable bonds is 4. The molecule has 128 valence electrons. The molecule has 1 heterocycles. The summed E-state index contributed by atoms with van der Waals surface area (Å²) in [4.78, 5) is 17.1. The van der Waals surface area contributed by atoms with Crippen LogP contribution >= 0.6 is 23.4 Å². The summed E-state index contributed by atoms with van der Waals surface area (Å²) in [5, 5.41) is 3.70. The fraction of sp³-hybridized carbons (Fsp3) is 0.111. The molecule has 25 heavy (non-hydrogen) atoms. The van der Waals surface area contributed by atoms with Crippen LogP contribution in [0.5, 0.6) is 11.5 Å². The molecule has 2 aromatic carbocycles. The van der Waals surface area contributed by atoms with Crippen LogP contribution in [0.4, 0.5) is 5.69 Å². The van der Waals surface area contributed by atoms with E-state index in [2.05, 4.69) is 10.3 Å². The lowest BCUT2D eigenvalue weighted by atomic mass is 10.2. The fourth-order valence-electron chi connectivity index (χ4n) is 2.27. The number of amides is 1. The van der Waals surface area contributed by atoms with Crippen LogP contribution < -0.4 is 14.8 Å². The second kappa shape index (κ2) is 7.63. The highest BCUT2D eigenvalue weighted by Gasteiger charge is 2.24. The first-order valence-electron chi connectivity index (χ1n) is 7.37. The van der Waals surface area contributed by atoms with E-state index in [1.807, 2.05) is 30.3 Å². The zero-order valence-electron chi connectivity index (χ0n) is 13.6. The van der Waals surface area contributed by atoms with Crippen LogP contribution in [-0.4, -0.2) is 25.3 Å². The van der Waals surface area contributed by atoms with Gasteiger partial charge in [-0.25, -0.2) is 4.99 Å². The number of amidine groups is 1. The average molecular weight is 375 g/mol. The Balaban J connectivity index is 1.88. The molecule has 0 spiro atoms. The van der Waals surface area contributed by atoms with Gasteiger partial charge in [-0.05, 0) is 47.7 Å². The van der Waals surface area contributed by atoms with Crippen molar-refractivity contribution in [1.29, 1.82) is 0 Å². The molecule has 5 nitrogen and oxygen atoms in total. The number of methoxy groups -OCH3 is 2. The van der Waals surface area contributed by atoms with Crippen LogP contribution in [0.1, 0.15) is 5.56 Å². The first-order valence-corrected chi connectivity index (χ1v) is 8.56. The normalized spacial score (nSPS) is 17.0. The van der Waals surface area contributed by atoms with Gasteiger partial charge in [-0.15, -0.1) is 0 Å². The third kappa shape index (κ3) is 3.97. The first kappa shape index (κ1) is 17.4. The second-order valence-corrected chi connectivity index (χ2v) is 6.49. The monoisotopic (exact) mass is 374 g/mol. The summed E-state index contributed by atoms with van der Waals surface area (Å²) in [5.41, 5.74) is 1.52. The summed E-state index contributed by atoms with van der Waals surface area (Å²) in [6.45, 7) is 0. The van der Waals surface area contributed by atoms with Gasteiger partial charge in [-0.1, -0.05) is 29.8 Å². The smallest absolute Gasteiger partial charge is 0.264 e. The van der Waals surface area contributed by atoms with Crippen LogP contribution in [0.25, 0.3) is 6.08 Å². The van der Waals surface area contributed by atoms with Crippen LogP contribution in [0.3, 0.4) is 0 Å². The maximum Gasteiger partial charge on any atom is 0.264 e. The summed E-state index contributed by atoms with van der Waals surface area (Å²) >= 11 is 7.48. The van der Waals surface area contributed by atoms with E-state index in [-0.39, 0.29) is 5.91 Å². The Kier molecular flexibility index (Phi) is 5.31. The van der Waals surface area contributed by atoms with E-state index in [1.54, 1.807) is 18.2 Å². The molecule has 0 saturated carbocycles. The average Bonchev–Trinajstić information content (AvgIpc) is 2.94. The molecule has 1 aliphatic rings. The minimum Gasteiger partial charge on any atom is -0.493 e. The topological polar surface area (TPSA) is 59.9 Å². The molecule has 1 fully saturated rings. The molecule has 1 aliphatic heterocycles. The zero-order valence-corrected chi connectivity index (χ0v) is 15.1. The van der Waals surface area contributed by atoms with Crippen LogP contribution in [0.15, 0.2) is 52.4 Å². The molecular formula is C18H15ClN2O3S. The molecule has 1 N–H and O–H groups in total. The lowest BCUT2D eigenvalue weighted by molar-refractivity contribution is -0.115. The highest BCUT2D eigenvalue weighted by Crippen LogP contribution is 2.37. The molecule has 2 aromatic rings. The Bertz CT molecular complexity index is 866. The van der Waals surface area contributed by atoms with Crippen molar-refractivity contribution in [1.82, 2.24) is 5.32 Å². The van der Waals surface area contributed by atoms with Gasteiger partial charge in [0.2, 0.25) is 0 Å². The number of carbonyl (C=O) groups excluding carboxylic acids is 1. The third-order valence-corrected chi connectivity index (χ3v) is 4.58. The Morgan fingerprint density at radius 1 is 1.16 bits per heavy atom. The number of carbonyl (C=O) groups is 1. The molecule has 0 unspecified atom stereocenters. The molecule has 0 atom stereocenters. The predicted molar refractivity (Wildman–Crippen MR) is 102 cm³/mol. The molecule has 0 radical (unpaired) electrons. The van der Waals surface area contributed by atoms with Crippen molar-refractivity contribution in [3.63, 3.8) is 0 Å². The van der Waals surface area contributed by atoms with E-state index >= 15 is 0 Å². The molecule has 1 amide bonds. The maximum atomic E-state index is 12.2. The van der Waals surface area contributed by atoms with Gasteiger partial charge in [0.1, 0.15) is 0 Å². The number of hydrogen-bond donors (Lipinski definition) is 1. The van der Waals surface area contributed by atoms with Crippen molar-refractivity contribution in [2.75, 3.05) is 14.2 Å². The highest BCUT2D eigenvalue weighted by molar-refractivity contribution is 8.18. The van der Waals surface area contributed by atoms with Gasteiger partial charge in [-0.2, -0.15) is 0 Å². The Hall–Kier alpha value is -2.44. The van der Waals surface area contributed by atoms with E-state index in [0.29, 0.717) is 26.6 Å². The van der Waals surface area contributed by atoms with Crippen molar-refractivity contribution in [3.05, 3.63) is 58.0 Å². The van der Waals surface area contributed by atoms with E-state index in [1.165, 1.54) is 26.0 Å². The molecule has 3 rings (SSSR count). The lowest BCUT2D eigenvalue weighted by Gasteiger charge is -2.10. The zero-order chi connectivity index (χ0) is 17.8. The van der Waals surface area contributed by atoms with E-state index < -0.39 is 0 Å². The molecule has 1 saturated heterocycles. The Labute approximate surface area is 154 Å². The SMILES string of the molecule is COc1cc(/C=C2\SC(=Nc3ccccc3)NC2=O)cc(Cl)c1OC. The van der Waals surface area contributed by atoms with Gasteiger partial charge in [0.05, 0.1) is 29.8 Å². The molecule has 0 aromatic heterocycles. The fourth-order valence-corrected chi connectivity index (χ4v) is 3.41. The molecule has 7 heteroatoms. The number of benzene rings is 2. The molecular weight excluding hydrogens is 360 g/mol. The van der Waals surface area contributed by atoms with Crippen LogP contribution in [0.2, 0.25) is 5.02 Å². The van der Waals surface area contributed by atoms with Crippen molar-refractivity contribution in [2.45, 2.75) is 0 Å². The summed E-state index contributed by atoms with van der Waals surface area (Å²) < 4.78 is 10.5. The second-order valence-electron chi connectivity index (χ2n) is 5.06. The van der Waals surface area contributed by atoms with Gasteiger partial charge in [0, 0.05) is 0 Å². The number of ether oxygens (including phenoxy) is 2. The Morgan fingerprint density at radius 2 is 1.92 bits per heavy atom. The van der Waals surface area contributed by atoms with Gasteiger partial charge in [0.15, 0.2) is 16.7 Å². The minimum absolute atomic E-state index is 0.203. The highest BCUT2D eigenvalue weighted by atomic mass is 35.5. The van der Waals surface area contributed by atoms with Crippen LogP contribution in [0, 0.1) is 0 Å². The van der Waals surface area contributed by atoms with E-state index in [0.717, 1.165) is 11.3 Å². The first-order chi connectivity index (χ1) is 12.1. The Morgan fingerprint density at radius 3 is 2.60 bits per heavy atom. The van der Waals surface area contributed by atoms with Crippen molar-refractivity contribution >= 4 is 46.2 Å². The number of thioether (sulfide) groups is 1. The maximum absolute atomic E-state index is 12.2. The predicted octanol–water partition coefficient (Wildman–Crippen LogP) is 4.25. The summed E-state index contributed by atoms with van der Waals surface area (Å²) in [7, 11) is 3.06. The minimum atomic E-state index is -0.203. The summed E-state index contributed by atoms with van der Waals surface area (Å²) in [6.07, 6.45) is 1.74. The molecule has 0 aliphatic carbocycles. The summed E-state index contributed by atoms with van der Waals surface area (Å²) in [6, 6.07) is 12.9. The van der Waals surface area contributed by atoms with Gasteiger partial charge < -0.3 is 14.8 Å². The van der Waals surface area contributed by atoms with Crippen molar-refractivity contribution < 1.29 is 14.3 Å². The number of nitrogens with one attached hydrogen (secondary N) is 1. The van der Waals surface area contributed by atoms with Crippen molar-refractivity contribution in [3.8, 4) is 11.5 Å². The number of hydrogen-bond acceptors (Lipinski definition) is 5. The number of para-hydroxylation sites is 1. The summed E-state index contributed by atoms with van der Waals surface area (Å²) in [5.74, 6) is 0.759. The number of nitrogens with zero attached hydrogens (tertiary/aromatic N) is 1. The van der Waals surface area contributed by atoms with Crippen molar-refractivity contribution in [2.24, 2.45) is 4.99 Å². The van der Waals surface area contributed by atoms with Gasteiger partial charge >= 0.3 is 0 Å².